The summed E-state index contributed by atoms with van der Waals surface area (Å²) in [5.41, 5.74) is 0. The fourth-order valence-corrected chi connectivity index (χ4v) is 1.32. The van der Waals surface area contributed by atoms with Crippen molar-refractivity contribution in [2.24, 2.45) is 5.92 Å². The second-order valence-corrected chi connectivity index (χ2v) is 2.73. The minimum absolute atomic E-state index is 0.0240. The molecule has 0 heterocycles. The molecule has 0 radical (unpaired) electrons. The van der Waals surface area contributed by atoms with E-state index in [4.69, 9.17) is 15.3 Å². The van der Waals surface area contributed by atoms with Crippen LogP contribution in [0, 0.1) is 5.92 Å². The van der Waals surface area contributed by atoms with Gasteiger partial charge in [0.15, 0.2) is 0 Å². The van der Waals surface area contributed by atoms with Crippen molar-refractivity contribution in [3.05, 3.63) is 12.3 Å². The van der Waals surface area contributed by atoms with Gasteiger partial charge in [0.2, 0.25) is 0 Å². The highest BCUT2D eigenvalue weighted by Gasteiger charge is 2.34. The van der Waals surface area contributed by atoms with Gasteiger partial charge in [0.25, 0.3) is 0 Å². The first-order valence-corrected chi connectivity index (χ1v) is 3.37. The molecule has 3 nitrogen and oxygen atoms in total. The number of hydrogen-bond donors (Lipinski definition) is 3. The predicted molar refractivity (Wildman–Crippen MR) is 36.5 cm³/mol. The molecule has 1 fully saturated rings. The molecule has 58 valence electrons. The maximum absolute atomic E-state index is 9.16. The lowest BCUT2D eigenvalue weighted by molar-refractivity contribution is 0.0202. The van der Waals surface area contributed by atoms with Gasteiger partial charge in [0, 0.05) is 5.92 Å². The fraction of sp³-hybridized carbons (Fsp3) is 0.714. The molecule has 0 aromatic rings. The van der Waals surface area contributed by atoms with Crippen LogP contribution in [0.25, 0.3) is 0 Å². The number of rotatable bonds is 1. The van der Waals surface area contributed by atoms with E-state index in [1.54, 1.807) is 0 Å². The molecule has 0 unspecified atom stereocenters. The third kappa shape index (κ3) is 1.15. The molecule has 1 saturated carbocycles. The molecule has 0 amide bonds. The van der Waals surface area contributed by atoms with E-state index in [2.05, 4.69) is 6.58 Å². The summed E-state index contributed by atoms with van der Waals surface area (Å²) in [4.78, 5) is 0. The Bertz CT molecular complexity index is 144. The van der Waals surface area contributed by atoms with Crippen molar-refractivity contribution in [2.75, 3.05) is 0 Å². The van der Waals surface area contributed by atoms with Crippen LogP contribution >= 0.6 is 0 Å². The molecule has 3 heteroatoms. The van der Waals surface area contributed by atoms with Crippen molar-refractivity contribution in [3.63, 3.8) is 0 Å². The normalized spacial score (nSPS) is 40.0. The Hall–Kier alpha value is -0.540. The van der Waals surface area contributed by atoms with Gasteiger partial charge in [-0.05, 0) is 12.8 Å². The smallest absolute Gasteiger partial charge is 0.0908 e. The largest absolute Gasteiger partial charge is 0.513 e. The minimum Gasteiger partial charge on any atom is -0.513 e. The molecule has 3 N–H and O–H groups in total. The maximum Gasteiger partial charge on any atom is 0.0908 e. The SMILES string of the molecule is C=C(O)[C@H]1CC[C@H](O)[C@@H]1O. The first kappa shape index (κ1) is 7.57. The fourth-order valence-electron chi connectivity index (χ4n) is 1.32. The number of aliphatic hydroxyl groups excluding tert-OH is 3. The zero-order valence-corrected chi connectivity index (χ0v) is 5.70. The van der Waals surface area contributed by atoms with Gasteiger partial charge in [-0.3, -0.25) is 0 Å². The van der Waals surface area contributed by atoms with Crippen LogP contribution in [0.15, 0.2) is 12.3 Å². The summed E-state index contributed by atoms with van der Waals surface area (Å²) in [6.07, 6.45) is -0.338. The molecule has 0 aliphatic heterocycles. The van der Waals surface area contributed by atoms with Crippen LogP contribution in [0.4, 0.5) is 0 Å². The van der Waals surface area contributed by atoms with Crippen LogP contribution in [0.5, 0.6) is 0 Å². The molecule has 1 aliphatic rings. The van der Waals surface area contributed by atoms with Crippen molar-refractivity contribution in [2.45, 2.75) is 25.0 Å². The van der Waals surface area contributed by atoms with Crippen LogP contribution in [-0.4, -0.2) is 27.5 Å². The summed E-state index contributed by atoms with van der Waals surface area (Å²) in [6, 6.07) is 0. The highest BCUT2D eigenvalue weighted by atomic mass is 16.3. The quantitative estimate of drug-likeness (QED) is 0.460. The average Bonchev–Trinajstić information content (AvgIpc) is 2.14. The molecule has 0 aromatic carbocycles. The number of hydrogen-bond acceptors (Lipinski definition) is 3. The topological polar surface area (TPSA) is 60.7 Å². The molecule has 0 aromatic heterocycles. The highest BCUT2D eigenvalue weighted by Crippen LogP contribution is 2.29. The molecule has 10 heavy (non-hydrogen) atoms. The third-order valence-corrected chi connectivity index (χ3v) is 2.01. The predicted octanol–water partition coefficient (Wildman–Crippen LogP) is 0.190. The first-order valence-electron chi connectivity index (χ1n) is 3.37. The van der Waals surface area contributed by atoms with Crippen molar-refractivity contribution < 1.29 is 15.3 Å². The molecule has 0 spiro atoms. The standard InChI is InChI=1S/C7H12O3/c1-4(8)5-2-3-6(9)7(5)10/h5-10H,1-3H2/t5-,6+,7-/m1/s1. The summed E-state index contributed by atoms with van der Waals surface area (Å²) < 4.78 is 0. The Balaban J connectivity index is 2.57. The van der Waals surface area contributed by atoms with E-state index in [1.807, 2.05) is 0 Å². The van der Waals surface area contributed by atoms with Crippen LogP contribution in [0.1, 0.15) is 12.8 Å². The maximum atomic E-state index is 9.16. The Morgan fingerprint density at radius 2 is 1.90 bits per heavy atom. The van der Waals surface area contributed by atoms with E-state index in [0.717, 1.165) is 0 Å². The number of aliphatic hydroxyl groups is 3. The molecule has 0 saturated heterocycles. The van der Waals surface area contributed by atoms with Crippen molar-refractivity contribution in [3.8, 4) is 0 Å². The second-order valence-electron chi connectivity index (χ2n) is 2.73. The monoisotopic (exact) mass is 144 g/mol. The van der Waals surface area contributed by atoms with E-state index in [1.165, 1.54) is 0 Å². The molecular weight excluding hydrogens is 132 g/mol. The second kappa shape index (κ2) is 2.60. The molecular formula is C7H12O3. The van der Waals surface area contributed by atoms with Crippen molar-refractivity contribution in [1.82, 2.24) is 0 Å². The molecule has 1 aliphatic carbocycles. The summed E-state index contributed by atoms with van der Waals surface area (Å²) in [5.74, 6) is -0.348. The highest BCUT2D eigenvalue weighted by molar-refractivity contribution is 4.99. The Morgan fingerprint density at radius 3 is 2.10 bits per heavy atom. The van der Waals surface area contributed by atoms with Gasteiger partial charge in [0.05, 0.1) is 18.0 Å². The van der Waals surface area contributed by atoms with Crippen molar-refractivity contribution >= 4 is 0 Å². The Labute approximate surface area is 59.6 Å². The van der Waals surface area contributed by atoms with Gasteiger partial charge in [-0.25, -0.2) is 0 Å². The average molecular weight is 144 g/mol. The third-order valence-electron chi connectivity index (χ3n) is 2.01. The van der Waals surface area contributed by atoms with E-state index in [9.17, 15) is 0 Å². The summed E-state index contributed by atoms with van der Waals surface area (Å²) in [7, 11) is 0. The van der Waals surface area contributed by atoms with E-state index in [-0.39, 0.29) is 11.7 Å². The zero-order valence-electron chi connectivity index (χ0n) is 5.70. The lowest BCUT2D eigenvalue weighted by atomic mass is 10.0. The molecule has 0 bridgehead atoms. The lowest BCUT2D eigenvalue weighted by Gasteiger charge is -2.13. The van der Waals surface area contributed by atoms with Gasteiger partial charge < -0.3 is 15.3 Å². The molecule has 3 atom stereocenters. The zero-order chi connectivity index (χ0) is 7.72. The minimum atomic E-state index is -0.822. The molecule has 1 rings (SSSR count). The van der Waals surface area contributed by atoms with Crippen LogP contribution in [0.2, 0.25) is 0 Å². The van der Waals surface area contributed by atoms with Gasteiger partial charge in [-0.2, -0.15) is 0 Å². The Kier molecular flexibility index (Phi) is 1.97. The van der Waals surface area contributed by atoms with Crippen LogP contribution < -0.4 is 0 Å². The van der Waals surface area contributed by atoms with Crippen molar-refractivity contribution in [1.29, 1.82) is 0 Å². The van der Waals surface area contributed by atoms with Gasteiger partial charge in [-0.1, -0.05) is 6.58 Å². The van der Waals surface area contributed by atoms with Gasteiger partial charge in [0.1, 0.15) is 0 Å². The lowest BCUT2D eigenvalue weighted by Crippen LogP contribution is -2.25. The van der Waals surface area contributed by atoms with E-state index in [0.29, 0.717) is 12.8 Å². The van der Waals surface area contributed by atoms with E-state index >= 15 is 0 Å². The summed E-state index contributed by atoms with van der Waals surface area (Å²) >= 11 is 0. The van der Waals surface area contributed by atoms with E-state index < -0.39 is 12.2 Å². The Morgan fingerprint density at radius 1 is 1.30 bits per heavy atom. The van der Waals surface area contributed by atoms with Crippen LogP contribution in [-0.2, 0) is 0 Å². The van der Waals surface area contributed by atoms with Crippen LogP contribution in [0.3, 0.4) is 0 Å². The van der Waals surface area contributed by atoms with Gasteiger partial charge in [-0.15, -0.1) is 0 Å². The summed E-state index contributed by atoms with van der Waals surface area (Å²) in [5, 5.41) is 27.0. The van der Waals surface area contributed by atoms with Gasteiger partial charge >= 0.3 is 0 Å². The summed E-state index contributed by atoms with van der Waals surface area (Å²) in [6.45, 7) is 3.31. The first-order chi connectivity index (χ1) is 4.63.